The number of anilines is 1. The number of thiocarbonyl (C=S) groups is 1. The Bertz CT molecular complexity index is 772. The minimum absolute atomic E-state index is 0.0440. The molecule has 0 saturated heterocycles. The fourth-order valence-corrected chi connectivity index (χ4v) is 2.23. The lowest BCUT2D eigenvalue weighted by Crippen LogP contribution is -2.25. The first-order valence-corrected chi connectivity index (χ1v) is 7.86. The first kappa shape index (κ1) is 17.6. The van der Waals surface area contributed by atoms with Gasteiger partial charge in [0, 0.05) is 6.07 Å². The molecule has 0 aliphatic carbocycles. The average Bonchev–Trinajstić information content (AvgIpc) is 2.60. The molecule has 0 atom stereocenters. The van der Waals surface area contributed by atoms with E-state index in [1.165, 1.54) is 11.6 Å². The van der Waals surface area contributed by atoms with Crippen molar-refractivity contribution in [3.05, 3.63) is 69.8 Å². The maximum Gasteiger partial charge on any atom is 0.292 e. The molecular weight excluding hydrogens is 324 g/mol. The van der Waals surface area contributed by atoms with E-state index in [2.05, 4.69) is 34.9 Å². The van der Waals surface area contributed by atoms with Crippen LogP contribution in [0.25, 0.3) is 0 Å². The number of nitrogens with one attached hydrogen (secondary N) is 2. The summed E-state index contributed by atoms with van der Waals surface area (Å²) in [7, 11) is 0. The number of nitrogens with zero attached hydrogens (tertiary/aromatic N) is 2. The van der Waals surface area contributed by atoms with Crippen LogP contribution in [-0.4, -0.2) is 15.7 Å². The summed E-state index contributed by atoms with van der Waals surface area (Å²) >= 11 is 5.14. The summed E-state index contributed by atoms with van der Waals surface area (Å²) in [4.78, 5) is 10.5. The minimum atomic E-state index is -0.464. The van der Waals surface area contributed by atoms with Gasteiger partial charge in [-0.1, -0.05) is 43.3 Å². The zero-order valence-electron chi connectivity index (χ0n) is 13.4. The molecule has 0 aliphatic heterocycles. The zero-order chi connectivity index (χ0) is 17.5. The number of rotatable bonds is 5. The summed E-state index contributed by atoms with van der Waals surface area (Å²) in [6.07, 6.45) is 0.985. The molecule has 0 bridgehead atoms. The van der Waals surface area contributed by atoms with Gasteiger partial charge in [-0.2, -0.15) is 5.10 Å². The summed E-state index contributed by atoms with van der Waals surface area (Å²) in [6.45, 7) is 3.96. The van der Waals surface area contributed by atoms with Gasteiger partial charge < -0.3 is 5.32 Å². The SMILES string of the molecule is CCc1ccc(/C(C)=N\NC(=S)Nc2ccccc2[N+](=O)[O-])cc1. The molecule has 124 valence electrons. The predicted octanol–water partition coefficient (Wildman–Crippen LogP) is 3.87. The lowest BCUT2D eigenvalue weighted by molar-refractivity contribution is -0.383. The van der Waals surface area contributed by atoms with Crippen molar-refractivity contribution in [1.29, 1.82) is 0 Å². The maximum atomic E-state index is 11.0. The molecule has 0 aromatic heterocycles. The molecule has 2 rings (SSSR count). The second-order valence-electron chi connectivity index (χ2n) is 5.09. The van der Waals surface area contributed by atoms with E-state index in [0.717, 1.165) is 17.7 Å². The Kier molecular flexibility index (Phi) is 5.97. The van der Waals surface area contributed by atoms with E-state index in [0.29, 0.717) is 5.69 Å². The highest BCUT2D eigenvalue weighted by Gasteiger charge is 2.12. The summed E-state index contributed by atoms with van der Waals surface area (Å²) in [5, 5.41) is 18.2. The van der Waals surface area contributed by atoms with Crippen molar-refractivity contribution in [2.24, 2.45) is 5.10 Å². The van der Waals surface area contributed by atoms with Crippen LogP contribution in [-0.2, 0) is 6.42 Å². The van der Waals surface area contributed by atoms with Crippen molar-refractivity contribution in [2.75, 3.05) is 5.32 Å². The van der Waals surface area contributed by atoms with Gasteiger partial charge in [-0.25, -0.2) is 0 Å². The molecule has 0 unspecified atom stereocenters. The van der Waals surface area contributed by atoms with Crippen LogP contribution in [0.1, 0.15) is 25.0 Å². The van der Waals surface area contributed by atoms with Gasteiger partial charge >= 0.3 is 0 Å². The molecule has 2 N–H and O–H groups in total. The van der Waals surface area contributed by atoms with E-state index in [1.807, 2.05) is 19.1 Å². The van der Waals surface area contributed by atoms with Gasteiger partial charge in [0.1, 0.15) is 5.69 Å². The minimum Gasteiger partial charge on any atom is -0.326 e. The normalized spacial score (nSPS) is 11.0. The molecule has 0 fully saturated rings. The number of benzene rings is 2. The molecule has 0 spiro atoms. The summed E-state index contributed by atoms with van der Waals surface area (Å²) in [5.41, 5.74) is 5.99. The van der Waals surface area contributed by atoms with Gasteiger partial charge in [-0.15, -0.1) is 0 Å². The Morgan fingerprint density at radius 3 is 2.50 bits per heavy atom. The monoisotopic (exact) mass is 342 g/mol. The molecule has 0 heterocycles. The van der Waals surface area contributed by atoms with E-state index >= 15 is 0 Å². The van der Waals surface area contributed by atoms with Crippen LogP contribution in [0.3, 0.4) is 0 Å². The van der Waals surface area contributed by atoms with Crippen molar-refractivity contribution in [1.82, 2.24) is 5.43 Å². The highest BCUT2D eigenvalue weighted by atomic mass is 32.1. The number of hydrogen-bond acceptors (Lipinski definition) is 4. The summed E-state index contributed by atoms with van der Waals surface area (Å²) in [6, 6.07) is 14.4. The third-order valence-electron chi connectivity index (χ3n) is 3.45. The second kappa shape index (κ2) is 8.16. The molecular formula is C17H18N4O2S. The largest absolute Gasteiger partial charge is 0.326 e. The molecule has 2 aromatic carbocycles. The molecule has 0 aliphatic rings. The third-order valence-corrected chi connectivity index (χ3v) is 3.65. The van der Waals surface area contributed by atoms with Crippen molar-refractivity contribution >= 4 is 34.4 Å². The predicted molar refractivity (Wildman–Crippen MR) is 100 cm³/mol. The van der Waals surface area contributed by atoms with Gasteiger partial charge in [-0.3, -0.25) is 15.5 Å². The number of nitro groups is 1. The van der Waals surface area contributed by atoms with Crippen LogP contribution in [0.4, 0.5) is 11.4 Å². The van der Waals surface area contributed by atoms with Gasteiger partial charge in [-0.05, 0) is 42.8 Å². The summed E-state index contributed by atoms with van der Waals surface area (Å²) < 4.78 is 0. The highest BCUT2D eigenvalue weighted by molar-refractivity contribution is 7.80. The molecule has 6 nitrogen and oxygen atoms in total. The van der Waals surface area contributed by atoms with Gasteiger partial charge in [0.25, 0.3) is 5.69 Å². The number of para-hydroxylation sites is 2. The molecule has 2 aromatic rings. The fourth-order valence-electron chi connectivity index (χ4n) is 2.07. The van der Waals surface area contributed by atoms with Crippen LogP contribution in [0.5, 0.6) is 0 Å². The van der Waals surface area contributed by atoms with Crippen molar-refractivity contribution in [2.45, 2.75) is 20.3 Å². The van der Waals surface area contributed by atoms with E-state index in [1.54, 1.807) is 18.2 Å². The second-order valence-corrected chi connectivity index (χ2v) is 5.50. The maximum absolute atomic E-state index is 11.0. The van der Waals surface area contributed by atoms with Crippen LogP contribution in [0.15, 0.2) is 53.6 Å². The number of hydrogen-bond donors (Lipinski definition) is 2. The van der Waals surface area contributed by atoms with Gasteiger partial charge in [0.2, 0.25) is 0 Å². The Morgan fingerprint density at radius 1 is 1.21 bits per heavy atom. The first-order chi connectivity index (χ1) is 11.5. The van der Waals surface area contributed by atoms with Crippen LogP contribution in [0.2, 0.25) is 0 Å². The topological polar surface area (TPSA) is 79.6 Å². The van der Waals surface area contributed by atoms with Gasteiger partial charge in [0.05, 0.1) is 10.6 Å². The quantitative estimate of drug-likeness (QED) is 0.373. The van der Waals surface area contributed by atoms with Gasteiger partial charge in [0.15, 0.2) is 5.11 Å². The van der Waals surface area contributed by atoms with Crippen LogP contribution < -0.4 is 10.7 Å². The fraction of sp³-hybridized carbons (Fsp3) is 0.176. The molecule has 7 heteroatoms. The number of nitro benzene ring substituents is 1. The standard InChI is InChI=1S/C17H18N4O2S/c1-3-13-8-10-14(11-9-13)12(2)19-20-17(24)18-15-6-4-5-7-16(15)21(22)23/h4-11H,3H2,1-2H3,(H2,18,20,24)/b19-12-. The molecule has 0 amide bonds. The van der Waals surface area contributed by atoms with Crippen molar-refractivity contribution < 1.29 is 4.92 Å². The average molecular weight is 342 g/mol. The van der Waals surface area contributed by atoms with E-state index < -0.39 is 4.92 Å². The van der Waals surface area contributed by atoms with E-state index in [-0.39, 0.29) is 10.8 Å². The zero-order valence-corrected chi connectivity index (χ0v) is 14.3. The van der Waals surface area contributed by atoms with Crippen LogP contribution >= 0.6 is 12.2 Å². The Labute approximate surface area is 145 Å². The number of hydrazone groups is 1. The van der Waals surface area contributed by atoms with Crippen LogP contribution in [0, 0.1) is 10.1 Å². The lowest BCUT2D eigenvalue weighted by atomic mass is 10.1. The van der Waals surface area contributed by atoms with E-state index in [4.69, 9.17) is 12.2 Å². The van der Waals surface area contributed by atoms with E-state index in [9.17, 15) is 10.1 Å². The Balaban J connectivity index is 2.03. The highest BCUT2D eigenvalue weighted by Crippen LogP contribution is 2.22. The smallest absolute Gasteiger partial charge is 0.292 e. The third kappa shape index (κ3) is 4.60. The summed E-state index contributed by atoms with van der Waals surface area (Å²) in [5.74, 6) is 0. The number of aryl methyl sites for hydroxylation is 1. The molecule has 24 heavy (non-hydrogen) atoms. The molecule has 0 radical (unpaired) electrons. The van der Waals surface area contributed by atoms with Crippen molar-refractivity contribution in [3.63, 3.8) is 0 Å². The first-order valence-electron chi connectivity index (χ1n) is 7.45. The molecule has 0 saturated carbocycles. The van der Waals surface area contributed by atoms with Crippen molar-refractivity contribution in [3.8, 4) is 0 Å². The lowest BCUT2D eigenvalue weighted by Gasteiger charge is -2.08. The Morgan fingerprint density at radius 2 is 1.88 bits per heavy atom. The Hall–Kier alpha value is -2.80.